The van der Waals surface area contributed by atoms with E-state index in [4.69, 9.17) is 0 Å². The molecule has 0 unspecified atom stereocenters. The van der Waals surface area contributed by atoms with Crippen LogP contribution in [0.5, 0.6) is 0 Å². The molecule has 1 heterocycles. The number of rotatable bonds is 2. The zero-order chi connectivity index (χ0) is 18.4. The molecule has 2 nitrogen and oxygen atoms in total. The number of aryl methyl sites for hydroxylation is 2. The first kappa shape index (κ1) is 17.9. The summed E-state index contributed by atoms with van der Waals surface area (Å²) in [7, 11) is 2.17. The molecule has 0 atom stereocenters. The fraction of sp³-hybridized carbons (Fsp3) is 0.318. The number of benzene rings is 2. The monoisotopic (exact) mass is 396 g/mol. The fourth-order valence-corrected chi connectivity index (χ4v) is 3.56. The van der Waals surface area contributed by atoms with Crippen molar-refractivity contribution in [3.05, 3.63) is 63.1 Å². The summed E-state index contributed by atoms with van der Waals surface area (Å²) >= 11 is 3.54. The van der Waals surface area contributed by atoms with Crippen molar-refractivity contribution in [3.63, 3.8) is 0 Å². The number of hydrogen-bond acceptors (Lipinski definition) is 2. The molecule has 3 heteroatoms. The third-order valence-corrected chi connectivity index (χ3v) is 5.99. The topological polar surface area (TPSA) is 15.6 Å². The van der Waals surface area contributed by atoms with E-state index in [1.807, 2.05) is 18.3 Å². The number of likely N-dealkylation sites (N-methyl/N-ethyl adjacent to an activating group) is 1. The Balaban J connectivity index is 2.01. The molecule has 0 radical (unpaired) electrons. The summed E-state index contributed by atoms with van der Waals surface area (Å²) in [6, 6.07) is 10.7. The third kappa shape index (κ3) is 3.43. The molecule has 1 aliphatic heterocycles. The largest absolute Gasteiger partial charge is 0.365 e. The summed E-state index contributed by atoms with van der Waals surface area (Å²) in [4.78, 5) is 7.03. The Labute approximate surface area is 159 Å². The molecule has 1 aliphatic rings. The second-order valence-corrected chi connectivity index (χ2v) is 8.31. The van der Waals surface area contributed by atoms with Gasteiger partial charge in [0.15, 0.2) is 0 Å². The van der Waals surface area contributed by atoms with Gasteiger partial charge in [0.2, 0.25) is 0 Å². The molecule has 0 saturated carbocycles. The van der Waals surface area contributed by atoms with Gasteiger partial charge in [-0.3, -0.25) is 4.99 Å². The first-order chi connectivity index (χ1) is 11.7. The van der Waals surface area contributed by atoms with Crippen LogP contribution >= 0.6 is 15.9 Å². The minimum atomic E-state index is 0.0358. The van der Waals surface area contributed by atoms with Crippen molar-refractivity contribution < 1.29 is 0 Å². The average Bonchev–Trinajstić information content (AvgIpc) is 2.54. The van der Waals surface area contributed by atoms with Crippen molar-refractivity contribution >= 4 is 39.1 Å². The van der Waals surface area contributed by atoms with E-state index in [1.54, 1.807) is 0 Å². The smallest absolute Gasteiger partial charge is 0.0633 e. The van der Waals surface area contributed by atoms with Gasteiger partial charge in [0.1, 0.15) is 0 Å². The molecule has 3 rings (SSSR count). The lowest BCUT2D eigenvalue weighted by Crippen LogP contribution is -2.42. The number of hydrogen-bond donors (Lipinski definition) is 0. The van der Waals surface area contributed by atoms with E-state index in [9.17, 15) is 0 Å². The second kappa shape index (κ2) is 6.45. The number of aliphatic imine (C=N–C) groups is 1. The maximum Gasteiger partial charge on any atom is 0.0633 e. The maximum atomic E-state index is 4.68. The van der Waals surface area contributed by atoms with Crippen LogP contribution in [0.15, 0.2) is 45.9 Å². The molecule has 0 saturated heterocycles. The quantitative estimate of drug-likeness (QED) is 0.532. The predicted octanol–water partition coefficient (Wildman–Crippen LogP) is 6.45. The fourth-order valence-electron chi connectivity index (χ4n) is 3.31. The van der Waals surface area contributed by atoms with Crippen molar-refractivity contribution in [1.82, 2.24) is 0 Å². The molecule has 0 fully saturated rings. The zero-order valence-electron chi connectivity index (χ0n) is 15.8. The van der Waals surface area contributed by atoms with Gasteiger partial charge in [-0.1, -0.05) is 22.0 Å². The molecule has 0 aliphatic carbocycles. The van der Waals surface area contributed by atoms with Crippen LogP contribution in [-0.2, 0) is 0 Å². The van der Waals surface area contributed by atoms with Crippen LogP contribution < -0.4 is 4.90 Å². The van der Waals surface area contributed by atoms with E-state index in [1.165, 1.54) is 33.5 Å². The Kier molecular flexibility index (Phi) is 4.63. The van der Waals surface area contributed by atoms with Gasteiger partial charge in [0, 0.05) is 29.0 Å². The molecule has 130 valence electrons. The second-order valence-electron chi connectivity index (χ2n) is 7.46. The minimum absolute atomic E-state index is 0.0358. The van der Waals surface area contributed by atoms with Gasteiger partial charge in [0.25, 0.3) is 0 Å². The Morgan fingerprint density at radius 2 is 1.76 bits per heavy atom. The van der Waals surface area contributed by atoms with Gasteiger partial charge in [-0.2, -0.15) is 0 Å². The van der Waals surface area contributed by atoms with Gasteiger partial charge in [0.05, 0.1) is 11.2 Å². The summed E-state index contributed by atoms with van der Waals surface area (Å²) in [5.41, 5.74) is 8.53. The van der Waals surface area contributed by atoms with E-state index in [0.29, 0.717) is 0 Å². The van der Waals surface area contributed by atoms with Crippen molar-refractivity contribution in [2.24, 2.45) is 4.99 Å². The summed E-state index contributed by atoms with van der Waals surface area (Å²) in [6.07, 6.45) is 4.31. The highest BCUT2D eigenvalue weighted by atomic mass is 79.9. The number of anilines is 1. The predicted molar refractivity (Wildman–Crippen MR) is 113 cm³/mol. The lowest BCUT2D eigenvalue weighted by Gasteiger charge is -2.41. The van der Waals surface area contributed by atoms with E-state index in [-0.39, 0.29) is 5.54 Å². The molecule has 0 N–H and O–H groups in total. The van der Waals surface area contributed by atoms with E-state index >= 15 is 0 Å². The van der Waals surface area contributed by atoms with Gasteiger partial charge >= 0.3 is 0 Å². The lowest BCUT2D eigenvalue weighted by molar-refractivity contribution is 0.597. The van der Waals surface area contributed by atoms with Gasteiger partial charge in [-0.25, -0.2) is 0 Å². The highest BCUT2D eigenvalue weighted by Crippen LogP contribution is 2.39. The summed E-state index contributed by atoms with van der Waals surface area (Å²) in [5.74, 6) is 0. The maximum absolute atomic E-state index is 4.68. The lowest BCUT2D eigenvalue weighted by atomic mass is 9.87. The van der Waals surface area contributed by atoms with E-state index in [2.05, 4.69) is 91.8 Å². The normalized spacial score (nSPS) is 16.1. The van der Waals surface area contributed by atoms with Gasteiger partial charge < -0.3 is 4.90 Å². The summed E-state index contributed by atoms with van der Waals surface area (Å²) < 4.78 is 1.11. The van der Waals surface area contributed by atoms with Crippen LogP contribution in [0.2, 0.25) is 0 Å². The third-order valence-electron chi connectivity index (χ3n) is 5.10. The van der Waals surface area contributed by atoms with Crippen LogP contribution in [0, 0.1) is 13.8 Å². The molecule has 2 aromatic rings. The Bertz CT molecular complexity index is 891. The molecule has 2 aromatic carbocycles. The van der Waals surface area contributed by atoms with Crippen LogP contribution in [0.25, 0.3) is 5.57 Å². The Hall–Kier alpha value is -1.87. The SMILES string of the molecule is CC1=CC(C)(C)N(C)c2cc(C)c(C=Nc3ccc(Br)c(C)c3)cc21. The van der Waals surface area contributed by atoms with Gasteiger partial charge in [-0.05, 0) is 87.2 Å². The van der Waals surface area contributed by atoms with Crippen molar-refractivity contribution in [2.45, 2.75) is 40.2 Å². The molecule has 25 heavy (non-hydrogen) atoms. The Morgan fingerprint density at radius 1 is 1.04 bits per heavy atom. The number of fused-ring (bicyclic) bond motifs is 1. The highest BCUT2D eigenvalue weighted by molar-refractivity contribution is 9.10. The minimum Gasteiger partial charge on any atom is -0.365 e. The van der Waals surface area contributed by atoms with Gasteiger partial charge in [-0.15, -0.1) is 0 Å². The first-order valence-electron chi connectivity index (χ1n) is 8.57. The standard InChI is InChI=1S/C22H25BrN2/c1-14-10-21-19(16(3)12-22(4,5)25(21)6)11-17(14)13-24-18-7-8-20(23)15(2)9-18/h7-13H,1-6H3. The highest BCUT2D eigenvalue weighted by Gasteiger charge is 2.28. The van der Waals surface area contributed by atoms with Crippen molar-refractivity contribution in [1.29, 1.82) is 0 Å². The summed E-state index contributed by atoms with van der Waals surface area (Å²) in [5, 5.41) is 0. The average molecular weight is 397 g/mol. The van der Waals surface area contributed by atoms with E-state index in [0.717, 1.165) is 10.2 Å². The molecular weight excluding hydrogens is 372 g/mol. The van der Waals surface area contributed by atoms with Crippen molar-refractivity contribution in [3.8, 4) is 0 Å². The number of halogens is 1. The first-order valence-corrected chi connectivity index (χ1v) is 9.37. The molecular formula is C22H25BrN2. The van der Waals surface area contributed by atoms with Crippen LogP contribution in [0.4, 0.5) is 11.4 Å². The number of nitrogens with zero attached hydrogens (tertiary/aromatic N) is 2. The molecule has 0 spiro atoms. The van der Waals surface area contributed by atoms with Crippen LogP contribution in [0.1, 0.15) is 43.0 Å². The van der Waals surface area contributed by atoms with Crippen molar-refractivity contribution in [2.75, 3.05) is 11.9 Å². The molecule has 0 aromatic heterocycles. The van der Waals surface area contributed by atoms with E-state index < -0.39 is 0 Å². The molecule has 0 amide bonds. The van der Waals surface area contributed by atoms with Crippen LogP contribution in [-0.4, -0.2) is 18.8 Å². The van der Waals surface area contributed by atoms with Crippen LogP contribution in [0.3, 0.4) is 0 Å². The number of allylic oxidation sites excluding steroid dienone is 1. The summed E-state index contributed by atoms with van der Waals surface area (Å²) in [6.45, 7) is 10.9. The Morgan fingerprint density at radius 3 is 2.44 bits per heavy atom. The molecule has 0 bridgehead atoms. The zero-order valence-corrected chi connectivity index (χ0v) is 17.4.